The topological polar surface area (TPSA) is 75.0 Å². The third-order valence-corrected chi connectivity index (χ3v) is 2.81. The highest BCUT2D eigenvalue weighted by Gasteiger charge is 2.06. The summed E-state index contributed by atoms with van der Waals surface area (Å²) in [7, 11) is 0. The van der Waals surface area contributed by atoms with E-state index in [1.165, 1.54) is 0 Å². The van der Waals surface area contributed by atoms with Gasteiger partial charge in [-0.05, 0) is 49.7 Å². The van der Waals surface area contributed by atoms with Gasteiger partial charge in [-0.25, -0.2) is 0 Å². The van der Waals surface area contributed by atoms with E-state index in [9.17, 15) is 4.79 Å². The van der Waals surface area contributed by atoms with E-state index in [1.54, 1.807) is 24.4 Å². The summed E-state index contributed by atoms with van der Waals surface area (Å²) in [4.78, 5) is 15.5. The van der Waals surface area contributed by atoms with Gasteiger partial charge < -0.3 is 10.1 Å². The van der Waals surface area contributed by atoms with Gasteiger partial charge in [-0.2, -0.15) is 5.26 Å². The van der Waals surface area contributed by atoms with E-state index >= 15 is 0 Å². The number of nitriles is 1. The number of nitrogens with one attached hydrogen (secondary N) is 1. The van der Waals surface area contributed by atoms with Crippen molar-refractivity contribution in [1.29, 1.82) is 5.26 Å². The Labute approximate surface area is 123 Å². The van der Waals surface area contributed by atoms with Crippen LogP contribution in [0.2, 0.25) is 0 Å². The van der Waals surface area contributed by atoms with Crippen LogP contribution in [0.1, 0.15) is 17.7 Å². The van der Waals surface area contributed by atoms with Gasteiger partial charge in [0.15, 0.2) is 0 Å². The molecule has 106 valence electrons. The molecule has 0 aliphatic rings. The van der Waals surface area contributed by atoms with Crippen molar-refractivity contribution in [2.24, 2.45) is 0 Å². The number of aryl methyl sites for hydroxylation is 2. The van der Waals surface area contributed by atoms with Gasteiger partial charge in [0.1, 0.15) is 17.9 Å². The molecule has 21 heavy (non-hydrogen) atoms. The first-order chi connectivity index (χ1) is 10.1. The Morgan fingerprint density at radius 3 is 2.76 bits per heavy atom. The normalized spacial score (nSPS) is 9.76. The van der Waals surface area contributed by atoms with Crippen molar-refractivity contribution < 1.29 is 9.53 Å². The van der Waals surface area contributed by atoms with E-state index in [0.717, 1.165) is 11.3 Å². The van der Waals surface area contributed by atoms with Gasteiger partial charge in [0.05, 0.1) is 12.3 Å². The second kappa shape index (κ2) is 6.53. The van der Waals surface area contributed by atoms with Gasteiger partial charge >= 0.3 is 0 Å². The number of amides is 1. The molecule has 5 nitrogen and oxygen atoms in total. The molecular formula is C16H15N3O2. The fraction of sp³-hybridized carbons (Fsp3) is 0.188. The zero-order valence-electron chi connectivity index (χ0n) is 11.9. The second-order valence-corrected chi connectivity index (χ2v) is 4.60. The lowest BCUT2D eigenvalue weighted by atomic mass is 10.2. The van der Waals surface area contributed by atoms with Crippen LogP contribution >= 0.6 is 0 Å². The molecule has 0 radical (unpaired) electrons. The summed E-state index contributed by atoms with van der Waals surface area (Å²) in [6.45, 7) is 3.80. The molecule has 0 aliphatic heterocycles. The monoisotopic (exact) mass is 281 g/mol. The number of benzene rings is 1. The van der Waals surface area contributed by atoms with E-state index in [0.29, 0.717) is 17.2 Å². The molecule has 2 rings (SSSR count). The molecule has 0 aliphatic carbocycles. The Bertz CT molecular complexity index is 688. The summed E-state index contributed by atoms with van der Waals surface area (Å²) in [6, 6.07) is 10.8. The highest BCUT2D eigenvalue weighted by molar-refractivity contribution is 5.92. The number of carbonyl (C=O) groups is 1. The number of aromatic nitrogens is 1. The zero-order chi connectivity index (χ0) is 15.2. The minimum Gasteiger partial charge on any atom is -0.455 e. The quantitative estimate of drug-likeness (QED) is 0.932. The molecule has 0 saturated carbocycles. The zero-order valence-corrected chi connectivity index (χ0v) is 11.9. The van der Waals surface area contributed by atoms with E-state index < -0.39 is 0 Å². The highest BCUT2D eigenvalue weighted by Crippen LogP contribution is 2.27. The molecule has 1 aromatic heterocycles. The number of hydrogen-bond acceptors (Lipinski definition) is 4. The van der Waals surface area contributed by atoms with E-state index in [2.05, 4.69) is 10.3 Å². The van der Waals surface area contributed by atoms with E-state index in [-0.39, 0.29) is 12.3 Å². The number of hydrogen-bond donors (Lipinski definition) is 1. The third kappa shape index (κ3) is 4.05. The summed E-state index contributed by atoms with van der Waals surface area (Å²) in [5.41, 5.74) is 2.45. The number of ether oxygens (including phenoxy) is 1. The van der Waals surface area contributed by atoms with Gasteiger partial charge in [-0.3, -0.25) is 9.78 Å². The first kappa shape index (κ1) is 14.5. The molecule has 1 N–H and O–H groups in total. The molecule has 0 saturated heterocycles. The molecular weight excluding hydrogens is 266 g/mol. The average molecular weight is 281 g/mol. The van der Waals surface area contributed by atoms with Crippen LogP contribution < -0.4 is 10.1 Å². The molecule has 1 aromatic carbocycles. The number of pyridine rings is 1. The number of rotatable bonds is 4. The maximum absolute atomic E-state index is 11.4. The van der Waals surface area contributed by atoms with Crippen LogP contribution in [0, 0.1) is 25.2 Å². The molecule has 5 heteroatoms. The van der Waals surface area contributed by atoms with Gasteiger partial charge in [0.25, 0.3) is 0 Å². The summed E-state index contributed by atoms with van der Waals surface area (Å²) in [6.07, 6.45) is 1.50. The molecule has 1 amide bonds. The van der Waals surface area contributed by atoms with E-state index in [4.69, 9.17) is 10.00 Å². The number of nitrogens with zero attached hydrogens (tertiary/aromatic N) is 2. The lowest BCUT2D eigenvalue weighted by Gasteiger charge is -2.10. The average Bonchev–Trinajstić information content (AvgIpc) is 2.44. The fourth-order valence-corrected chi connectivity index (χ4v) is 1.76. The second-order valence-electron chi connectivity index (χ2n) is 4.60. The highest BCUT2D eigenvalue weighted by atomic mass is 16.5. The van der Waals surface area contributed by atoms with Gasteiger partial charge in [-0.1, -0.05) is 0 Å². The predicted molar refractivity (Wildman–Crippen MR) is 79.1 cm³/mol. The van der Waals surface area contributed by atoms with Crippen molar-refractivity contribution in [2.75, 3.05) is 5.32 Å². The SMILES string of the molecule is Cc1ccc(Oc2ccc(NC(=O)CC#N)cc2C)cn1. The first-order valence-corrected chi connectivity index (χ1v) is 6.46. The Balaban J connectivity index is 2.10. The lowest BCUT2D eigenvalue weighted by Crippen LogP contribution is -2.10. The summed E-state index contributed by atoms with van der Waals surface area (Å²) in [5, 5.41) is 11.1. The minimum absolute atomic E-state index is 0.160. The van der Waals surface area contributed by atoms with Crippen LogP contribution in [-0.4, -0.2) is 10.9 Å². The maximum atomic E-state index is 11.4. The molecule has 2 aromatic rings. The summed E-state index contributed by atoms with van der Waals surface area (Å²) >= 11 is 0. The van der Waals surface area contributed by atoms with Gasteiger partial charge in [-0.15, -0.1) is 0 Å². The predicted octanol–water partition coefficient (Wildman–Crippen LogP) is 3.34. The molecule has 0 atom stereocenters. The Hall–Kier alpha value is -2.87. The Morgan fingerprint density at radius 1 is 1.33 bits per heavy atom. The Morgan fingerprint density at radius 2 is 2.14 bits per heavy atom. The van der Waals surface area contributed by atoms with Crippen LogP contribution in [0.15, 0.2) is 36.5 Å². The summed E-state index contributed by atoms with van der Waals surface area (Å²) in [5.74, 6) is 1.03. The lowest BCUT2D eigenvalue weighted by molar-refractivity contribution is -0.115. The fourth-order valence-electron chi connectivity index (χ4n) is 1.76. The third-order valence-electron chi connectivity index (χ3n) is 2.81. The van der Waals surface area contributed by atoms with Crippen LogP contribution in [-0.2, 0) is 4.79 Å². The van der Waals surface area contributed by atoms with Gasteiger partial charge in [0.2, 0.25) is 5.91 Å². The van der Waals surface area contributed by atoms with Crippen molar-refractivity contribution in [1.82, 2.24) is 4.98 Å². The van der Waals surface area contributed by atoms with Gasteiger partial charge in [0, 0.05) is 11.4 Å². The molecule has 0 unspecified atom stereocenters. The standard InChI is InChI=1S/C16H15N3O2/c1-11-9-13(19-16(20)7-8-17)4-6-15(11)21-14-5-3-12(2)18-10-14/h3-6,9-10H,7H2,1-2H3,(H,19,20). The maximum Gasteiger partial charge on any atom is 0.238 e. The number of carbonyl (C=O) groups excluding carboxylic acids is 1. The minimum atomic E-state index is -0.326. The molecule has 0 bridgehead atoms. The van der Waals surface area contributed by atoms with Crippen LogP contribution in [0.5, 0.6) is 11.5 Å². The van der Waals surface area contributed by atoms with Crippen molar-refractivity contribution in [3.8, 4) is 17.6 Å². The van der Waals surface area contributed by atoms with Crippen molar-refractivity contribution in [3.63, 3.8) is 0 Å². The van der Waals surface area contributed by atoms with Crippen molar-refractivity contribution >= 4 is 11.6 Å². The number of anilines is 1. The van der Waals surface area contributed by atoms with E-state index in [1.807, 2.05) is 32.0 Å². The molecule has 1 heterocycles. The van der Waals surface area contributed by atoms with Crippen LogP contribution in [0.4, 0.5) is 5.69 Å². The largest absolute Gasteiger partial charge is 0.455 e. The smallest absolute Gasteiger partial charge is 0.238 e. The van der Waals surface area contributed by atoms with Crippen LogP contribution in [0.3, 0.4) is 0 Å². The van der Waals surface area contributed by atoms with Crippen molar-refractivity contribution in [2.45, 2.75) is 20.3 Å². The summed E-state index contributed by atoms with van der Waals surface area (Å²) < 4.78 is 5.74. The first-order valence-electron chi connectivity index (χ1n) is 6.46. The molecule has 0 fully saturated rings. The Kier molecular flexibility index (Phi) is 4.52. The molecule has 0 spiro atoms. The van der Waals surface area contributed by atoms with Crippen molar-refractivity contribution in [3.05, 3.63) is 47.8 Å². The van der Waals surface area contributed by atoms with Crippen LogP contribution in [0.25, 0.3) is 0 Å².